The monoisotopic (exact) mass is 255 g/mol. The standard InChI is InChI=1S/C13H25N3S/c1-5-6-7-16(4)13-15-10-12(17-13)9-14-8-11(2)3/h10-11,14H,5-9H2,1-4H3. The molecule has 17 heavy (non-hydrogen) atoms. The summed E-state index contributed by atoms with van der Waals surface area (Å²) >= 11 is 1.80. The molecule has 0 aromatic carbocycles. The van der Waals surface area contributed by atoms with Gasteiger partial charge in [-0.1, -0.05) is 27.2 Å². The number of nitrogens with zero attached hydrogens (tertiary/aromatic N) is 2. The van der Waals surface area contributed by atoms with Crippen LogP contribution in [-0.4, -0.2) is 25.1 Å². The molecule has 98 valence electrons. The Morgan fingerprint density at radius 2 is 2.24 bits per heavy atom. The molecule has 0 fully saturated rings. The lowest BCUT2D eigenvalue weighted by Gasteiger charge is -2.14. The molecule has 0 radical (unpaired) electrons. The van der Waals surface area contributed by atoms with Crippen molar-refractivity contribution in [3.63, 3.8) is 0 Å². The second-order valence-electron chi connectivity index (χ2n) is 4.91. The molecule has 0 bridgehead atoms. The summed E-state index contributed by atoms with van der Waals surface area (Å²) in [4.78, 5) is 8.04. The van der Waals surface area contributed by atoms with E-state index in [2.05, 4.69) is 43.0 Å². The summed E-state index contributed by atoms with van der Waals surface area (Å²) in [5.74, 6) is 0.703. The van der Waals surface area contributed by atoms with E-state index in [1.807, 2.05) is 6.20 Å². The third-order valence-electron chi connectivity index (χ3n) is 2.57. The minimum absolute atomic E-state index is 0.703. The van der Waals surface area contributed by atoms with Crippen molar-refractivity contribution < 1.29 is 0 Å². The van der Waals surface area contributed by atoms with E-state index in [1.165, 1.54) is 17.7 Å². The van der Waals surface area contributed by atoms with Gasteiger partial charge < -0.3 is 10.2 Å². The second kappa shape index (κ2) is 7.67. The Morgan fingerprint density at radius 1 is 1.47 bits per heavy atom. The molecule has 3 nitrogen and oxygen atoms in total. The summed E-state index contributed by atoms with van der Waals surface area (Å²) in [6.45, 7) is 9.78. The van der Waals surface area contributed by atoms with Gasteiger partial charge in [0, 0.05) is 31.2 Å². The highest BCUT2D eigenvalue weighted by Gasteiger charge is 2.06. The van der Waals surface area contributed by atoms with Gasteiger partial charge in [0.1, 0.15) is 0 Å². The number of aromatic nitrogens is 1. The van der Waals surface area contributed by atoms with Crippen LogP contribution < -0.4 is 10.2 Å². The second-order valence-corrected chi connectivity index (χ2v) is 6.00. The molecule has 4 heteroatoms. The zero-order valence-corrected chi connectivity index (χ0v) is 12.3. The molecule has 1 N–H and O–H groups in total. The molecule has 0 saturated carbocycles. The molecule has 1 aromatic heterocycles. The first kappa shape index (κ1) is 14.5. The largest absolute Gasteiger partial charge is 0.351 e. The third kappa shape index (κ3) is 5.50. The van der Waals surface area contributed by atoms with Crippen LogP contribution >= 0.6 is 11.3 Å². The van der Waals surface area contributed by atoms with E-state index in [4.69, 9.17) is 0 Å². The minimum Gasteiger partial charge on any atom is -0.351 e. The Kier molecular flexibility index (Phi) is 6.52. The molecule has 0 spiro atoms. The van der Waals surface area contributed by atoms with Gasteiger partial charge in [0.25, 0.3) is 0 Å². The number of hydrogen-bond donors (Lipinski definition) is 1. The number of anilines is 1. The highest BCUT2D eigenvalue weighted by atomic mass is 32.1. The predicted molar refractivity (Wildman–Crippen MR) is 76.8 cm³/mol. The molecular formula is C13H25N3S. The van der Waals surface area contributed by atoms with Crippen LogP contribution in [0.4, 0.5) is 5.13 Å². The molecule has 1 heterocycles. The van der Waals surface area contributed by atoms with Crippen LogP contribution in [-0.2, 0) is 6.54 Å². The quantitative estimate of drug-likeness (QED) is 0.773. The van der Waals surface area contributed by atoms with Crippen LogP contribution in [0.2, 0.25) is 0 Å². The summed E-state index contributed by atoms with van der Waals surface area (Å²) in [5.41, 5.74) is 0. The van der Waals surface area contributed by atoms with E-state index in [0.29, 0.717) is 5.92 Å². The first-order valence-electron chi connectivity index (χ1n) is 6.50. The van der Waals surface area contributed by atoms with Gasteiger partial charge in [0.05, 0.1) is 0 Å². The van der Waals surface area contributed by atoms with Crippen LogP contribution in [0.15, 0.2) is 6.20 Å². The van der Waals surface area contributed by atoms with Crippen LogP contribution in [0.1, 0.15) is 38.5 Å². The Labute approximate surface area is 109 Å². The number of unbranched alkanes of at least 4 members (excludes halogenated alkanes) is 1. The summed E-state index contributed by atoms with van der Waals surface area (Å²) in [6.07, 6.45) is 4.46. The van der Waals surface area contributed by atoms with Gasteiger partial charge in [-0.25, -0.2) is 4.98 Å². The van der Waals surface area contributed by atoms with Gasteiger partial charge >= 0.3 is 0 Å². The fraction of sp³-hybridized carbons (Fsp3) is 0.769. The lowest BCUT2D eigenvalue weighted by atomic mass is 10.2. The van der Waals surface area contributed by atoms with E-state index in [0.717, 1.165) is 24.8 Å². The first-order valence-corrected chi connectivity index (χ1v) is 7.31. The van der Waals surface area contributed by atoms with Crippen molar-refractivity contribution in [3.8, 4) is 0 Å². The highest BCUT2D eigenvalue weighted by Crippen LogP contribution is 2.21. The number of hydrogen-bond acceptors (Lipinski definition) is 4. The van der Waals surface area contributed by atoms with Gasteiger partial charge in [-0.05, 0) is 18.9 Å². The van der Waals surface area contributed by atoms with Gasteiger partial charge in [-0.2, -0.15) is 0 Å². The summed E-state index contributed by atoms with van der Waals surface area (Å²) in [5, 5.41) is 4.59. The maximum absolute atomic E-state index is 4.47. The van der Waals surface area contributed by atoms with Crippen LogP contribution in [0.3, 0.4) is 0 Å². The maximum Gasteiger partial charge on any atom is 0.185 e. The normalized spacial score (nSPS) is 11.1. The van der Waals surface area contributed by atoms with Crippen LogP contribution in [0, 0.1) is 5.92 Å². The number of rotatable bonds is 8. The van der Waals surface area contributed by atoms with Crippen LogP contribution in [0.25, 0.3) is 0 Å². The molecule has 1 aromatic rings. The van der Waals surface area contributed by atoms with Crippen molar-refractivity contribution >= 4 is 16.5 Å². The van der Waals surface area contributed by atoms with E-state index in [-0.39, 0.29) is 0 Å². The lowest BCUT2D eigenvalue weighted by molar-refractivity contribution is 0.554. The first-order chi connectivity index (χ1) is 8.13. The van der Waals surface area contributed by atoms with Crippen molar-refractivity contribution in [1.82, 2.24) is 10.3 Å². The molecule has 0 aliphatic heterocycles. The molecule has 0 aliphatic rings. The molecule has 1 rings (SSSR count). The van der Waals surface area contributed by atoms with Crippen molar-refractivity contribution in [2.45, 2.75) is 40.2 Å². The van der Waals surface area contributed by atoms with Crippen molar-refractivity contribution in [2.24, 2.45) is 5.92 Å². The molecule has 0 aliphatic carbocycles. The summed E-state index contributed by atoms with van der Waals surface area (Å²) in [7, 11) is 2.12. The highest BCUT2D eigenvalue weighted by molar-refractivity contribution is 7.15. The van der Waals surface area contributed by atoms with Gasteiger partial charge in [-0.15, -0.1) is 11.3 Å². The average Bonchev–Trinajstić information content (AvgIpc) is 2.74. The topological polar surface area (TPSA) is 28.2 Å². The van der Waals surface area contributed by atoms with Crippen molar-refractivity contribution in [1.29, 1.82) is 0 Å². The molecule has 0 atom stereocenters. The minimum atomic E-state index is 0.703. The third-order valence-corrected chi connectivity index (χ3v) is 3.68. The smallest absolute Gasteiger partial charge is 0.185 e. The Bertz CT molecular complexity index is 309. The van der Waals surface area contributed by atoms with E-state index >= 15 is 0 Å². The Morgan fingerprint density at radius 3 is 2.88 bits per heavy atom. The van der Waals surface area contributed by atoms with Gasteiger partial charge in [0.2, 0.25) is 0 Å². The number of nitrogens with one attached hydrogen (secondary N) is 1. The molecule has 0 unspecified atom stereocenters. The number of thiazole rings is 1. The Balaban J connectivity index is 2.36. The maximum atomic E-state index is 4.47. The van der Waals surface area contributed by atoms with Crippen molar-refractivity contribution in [2.75, 3.05) is 25.0 Å². The molecule has 0 saturated heterocycles. The summed E-state index contributed by atoms with van der Waals surface area (Å²) in [6, 6.07) is 0. The predicted octanol–water partition coefficient (Wildman–Crippen LogP) is 3.13. The van der Waals surface area contributed by atoms with Gasteiger partial charge in [0.15, 0.2) is 5.13 Å². The average molecular weight is 255 g/mol. The van der Waals surface area contributed by atoms with Crippen LogP contribution in [0.5, 0.6) is 0 Å². The molecule has 0 amide bonds. The lowest BCUT2D eigenvalue weighted by Crippen LogP contribution is -2.18. The zero-order chi connectivity index (χ0) is 12.7. The zero-order valence-electron chi connectivity index (χ0n) is 11.5. The van der Waals surface area contributed by atoms with E-state index < -0.39 is 0 Å². The fourth-order valence-corrected chi connectivity index (χ4v) is 2.40. The molecular weight excluding hydrogens is 230 g/mol. The van der Waals surface area contributed by atoms with Gasteiger partial charge in [-0.3, -0.25) is 0 Å². The summed E-state index contributed by atoms with van der Waals surface area (Å²) < 4.78 is 0. The van der Waals surface area contributed by atoms with Crippen molar-refractivity contribution in [3.05, 3.63) is 11.1 Å². The van der Waals surface area contributed by atoms with E-state index in [9.17, 15) is 0 Å². The fourth-order valence-electron chi connectivity index (χ4n) is 1.53. The Hall–Kier alpha value is -0.610. The SMILES string of the molecule is CCCCN(C)c1ncc(CNCC(C)C)s1. The van der Waals surface area contributed by atoms with E-state index in [1.54, 1.807) is 11.3 Å².